The Balaban J connectivity index is 1.61. The summed E-state index contributed by atoms with van der Waals surface area (Å²) in [7, 11) is 0. The molecule has 126 valence electrons. The van der Waals surface area contributed by atoms with Crippen molar-refractivity contribution < 1.29 is 28.8 Å². The molecule has 4 heterocycles. The number of ether oxygens (including phenoxy) is 5. The zero-order valence-corrected chi connectivity index (χ0v) is 13.4. The lowest BCUT2D eigenvalue weighted by Gasteiger charge is -2.39. The molecular weight excluding hydrogens is 290 g/mol. The monoisotopic (exact) mass is 315 g/mol. The van der Waals surface area contributed by atoms with Gasteiger partial charge < -0.3 is 34.1 Å². The maximum atomic E-state index is 9.80. The molecule has 0 spiro atoms. The topological polar surface area (TPSA) is 78.4 Å². The average molecular weight is 315 g/mol. The van der Waals surface area contributed by atoms with E-state index in [2.05, 4.69) is 5.32 Å². The number of β-amino-alcohol motifs (C(OH)–C–C–N with tert-alkyl or cyclic N) is 1. The predicted molar refractivity (Wildman–Crippen MR) is 74.9 cm³/mol. The van der Waals surface area contributed by atoms with Crippen molar-refractivity contribution in [3.8, 4) is 0 Å². The molecule has 7 nitrogen and oxygen atoms in total. The largest absolute Gasteiger partial charge is 0.392 e. The highest BCUT2D eigenvalue weighted by atomic mass is 16.9. The maximum absolute atomic E-state index is 9.80. The van der Waals surface area contributed by atoms with Crippen molar-refractivity contribution in [3.63, 3.8) is 0 Å². The molecule has 0 radical (unpaired) electrons. The van der Waals surface area contributed by atoms with Gasteiger partial charge in [0.15, 0.2) is 17.9 Å². The molecule has 0 saturated carbocycles. The Morgan fingerprint density at radius 2 is 1.45 bits per heavy atom. The molecule has 4 rings (SSSR count). The van der Waals surface area contributed by atoms with Gasteiger partial charge in [0.25, 0.3) is 0 Å². The molecule has 7 heteroatoms. The highest BCUT2D eigenvalue weighted by molar-refractivity contribution is 5.04. The van der Waals surface area contributed by atoms with Crippen LogP contribution < -0.4 is 5.32 Å². The lowest BCUT2D eigenvalue weighted by atomic mass is 9.93. The molecule has 0 aromatic carbocycles. The molecule has 22 heavy (non-hydrogen) atoms. The van der Waals surface area contributed by atoms with Crippen LogP contribution in [-0.4, -0.2) is 66.1 Å². The average Bonchev–Trinajstić information content (AvgIpc) is 3.02. The van der Waals surface area contributed by atoms with Crippen LogP contribution in [0, 0.1) is 0 Å². The number of hydrogen-bond donors (Lipinski definition) is 2. The highest BCUT2D eigenvalue weighted by Gasteiger charge is 2.62. The molecule has 2 N–H and O–H groups in total. The van der Waals surface area contributed by atoms with E-state index in [9.17, 15) is 5.11 Å². The first-order valence-electron chi connectivity index (χ1n) is 8.02. The second kappa shape index (κ2) is 4.86. The normalized spacial score (nSPS) is 52.5. The molecule has 4 aliphatic rings. The van der Waals surface area contributed by atoms with Crippen molar-refractivity contribution in [2.45, 2.75) is 88.5 Å². The summed E-state index contributed by atoms with van der Waals surface area (Å²) in [5, 5.41) is 13.1. The van der Waals surface area contributed by atoms with Gasteiger partial charge in [-0.05, 0) is 34.1 Å². The second-order valence-corrected chi connectivity index (χ2v) is 7.54. The minimum Gasteiger partial charge on any atom is -0.392 e. The molecule has 0 bridgehead atoms. The zero-order valence-electron chi connectivity index (χ0n) is 13.4. The Bertz CT molecular complexity index is 455. The third-order valence-corrected chi connectivity index (χ3v) is 4.73. The second-order valence-electron chi connectivity index (χ2n) is 7.54. The SMILES string of the molecule is CC1(C)O[C@@H]2[C@H](O1)[C@H]1OC(C)(C)O[C@H]1O[C@@H]2[C@H]1C[C@@H](O)CN1. The van der Waals surface area contributed by atoms with Gasteiger partial charge in [0, 0.05) is 12.6 Å². The van der Waals surface area contributed by atoms with Gasteiger partial charge in [0.05, 0.1) is 6.10 Å². The first kappa shape index (κ1) is 15.3. The van der Waals surface area contributed by atoms with Gasteiger partial charge in [-0.1, -0.05) is 0 Å². The van der Waals surface area contributed by atoms with E-state index < -0.39 is 17.9 Å². The smallest absolute Gasteiger partial charge is 0.190 e. The van der Waals surface area contributed by atoms with Gasteiger partial charge in [-0.25, -0.2) is 0 Å². The first-order valence-corrected chi connectivity index (χ1v) is 8.02. The van der Waals surface area contributed by atoms with Gasteiger partial charge in [-0.2, -0.15) is 0 Å². The van der Waals surface area contributed by atoms with Crippen LogP contribution >= 0.6 is 0 Å². The molecule has 0 amide bonds. The summed E-state index contributed by atoms with van der Waals surface area (Å²) >= 11 is 0. The molecule has 4 aliphatic heterocycles. The van der Waals surface area contributed by atoms with E-state index in [1.807, 2.05) is 27.7 Å². The Labute approximate surface area is 130 Å². The van der Waals surface area contributed by atoms with E-state index in [4.69, 9.17) is 23.7 Å². The van der Waals surface area contributed by atoms with Crippen LogP contribution in [0.4, 0.5) is 0 Å². The number of aliphatic hydroxyl groups is 1. The standard InChI is InChI=1S/C15H25NO6/c1-14(2)19-10-9(8-5-7(17)6-16-8)18-13-12(11(10)20-14)21-15(3,4)22-13/h7-13,16-17H,5-6H2,1-4H3/t7-,8-,9-,10+,11+,12-,13-/m1/s1. The number of aliphatic hydroxyl groups excluding tert-OH is 1. The van der Waals surface area contributed by atoms with E-state index in [-0.39, 0.29) is 36.6 Å². The van der Waals surface area contributed by atoms with E-state index in [1.165, 1.54) is 0 Å². The lowest BCUT2D eigenvalue weighted by Crippen LogP contribution is -2.60. The van der Waals surface area contributed by atoms with E-state index in [1.54, 1.807) is 0 Å². The summed E-state index contributed by atoms with van der Waals surface area (Å²) in [6.45, 7) is 8.11. The van der Waals surface area contributed by atoms with Crippen LogP contribution in [-0.2, 0) is 23.7 Å². The molecule has 0 aromatic heterocycles. The van der Waals surface area contributed by atoms with Crippen LogP contribution in [0.1, 0.15) is 34.1 Å². The lowest BCUT2D eigenvalue weighted by molar-refractivity contribution is -0.239. The van der Waals surface area contributed by atoms with Gasteiger partial charge in [-0.3, -0.25) is 0 Å². The molecule has 0 aliphatic carbocycles. The maximum Gasteiger partial charge on any atom is 0.190 e. The predicted octanol–water partition coefficient (Wildman–Crippen LogP) is 0.106. The first-order chi connectivity index (χ1) is 10.2. The number of nitrogens with one attached hydrogen (secondary N) is 1. The van der Waals surface area contributed by atoms with Crippen LogP contribution in [0.25, 0.3) is 0 Å². The molecule has 0 unspecified atom stereocenters. The van der Waals surface area contributed by atoms with Crippen LogP contribution in [0.5, 0.6) is 0 Å². The zero-order chi connectivity index (χ0) is 15.7. The molecule has 7 atom stereocenters. The minimum absolute atomic E-state index is 0.0215. The third-order valence-electron chi connectivity index (χ3n) is 4.73. The van der Waals surface area contributed by atoms with Gasteiger partial charge in [-0.15, -0.1) is 0 Å². The van der Waals surface area contributed by atoms with Crippen molar-refractivity contribution in [1.29, 1.82) is 0 Å². The third kappa shape index (κ3) is 2.49. The summed E-state index contributed by atoms with van der Waals surface area (Å²) in [5.41, 5.74) is 0. The van der Waals surface area contributed by atoms with Crippen molar-refractivity contribution >= 4 is 0 Å². The summed E-state index contributed by atoms with van der Waals surface area (Å²) in [6, 6.07) is 0.0215. The Morgan fingerprint density at radius 1 is 0.864 bits per heavy atom. The van der Waals surface area contributed by atoms with Crippen LogP contribution in [0.2, 0.25) is 0 Å². The van der Waals surface area contributed by atoms with Gasteiger partial charge >= 0.3 is 0 Å². The highest BCUT2D eigenvalue weighted by Crippen LogP contribution is 2.45. The van der Waals surface area contributed by atoms with E-state index >= 15 is 0 Å². The van der Waals surface area contributed by atoms with E-state index in [0.717, 1.165) is 0 Å². The Hall–Kier alpha value is -0.280. The fourth-order valence-electron chi connectivity index (χ4n) is 3.96. The molecule has 4 saturated heterocycles. The number of rotatable bonds is 1. The van der Waals surface area contributed by atoms with Crippen molar-refractivity contribution in [2.24, 2.45) is 0 Å². The number of fused-ring (bicyclic) bond motifs is 3. The van der Waals surface area contributed by atoms with Crippen molar-refractivity contribution in [1.82, 2.24) is 5.32 Å². The molecular formula is C15H25NO6. The quantitative estimate of drug-likeness (QED) is 0.711. The fourth-order valence-corrected chi connectivity index (χ4v) is 3.96. The van der Waals surface area contributed by atoms with Crippen LogP contribution in [0.15, 0.2) is 0 Å². The molecule has 0 aromatic rings. The van der Waals surface area contributed by atoms with Crippen molar-refractivity contribution in [3.05, 3.63) is 0 Å². The minimum atomic E-state index is -0.701. The fraction of sp³-hybridized carbons (Fsp3) is 1.00. The summed E-state index contributed by atoms with van der Waals surface area (Å²) < 4.78 is 30.2. The number of hydrogen-bond acceptors (Lipinski definition) is 7. The van der Waals surface area contributed by atoms with Gasteiger partial charge in [0.1, 0.15) is 24.4 Å². The van der Waals surface area contributed by atoms with Crippen LogP contribution in [0.3, 0.4) is 0 Å². The summed E-state index contributed by atoms with van der Waals surface area (Å²) in [4.78, 5) is 0. The van der Waals surface area contributed by atoms with Gasteiger partial charge in [0.2, 0.25) is 0 Å². The van der Waals surface area contributed by atoms with E-state index in [0.29, 0.717) is 13.0 Å². The Kier molecular flexibility index (Phi) is 3.37. The molecule has 4 fully saturated rings. The Morgan fingerprint density at radius 3 is 2.09 bits per heavy atom. The summed E-state index contributed by atoms with van der Waals surface area (Å²) in [5.74, 6) is -1.38. The summed E-state index contributed by atoms with van der Waals surface area (Å²) in [6.07, 6.45) is -1.20. The van der Waals surface area contributed by atoms with Crippen molar-refractivity contribution in [2.75, 3.05) is 6.54 Å².